The first-order valence-corrected chi connectivity index (χ1v) is 10.7. The van der Waals surface area contributed by atoms with Gasteiger partial charge in [0.15, 0.2) is 0 Å². The molecule has 8 heteroatoms. The van der Waals surface area contributed by atoms with Gasteiger partial charge in [0.25, 0.3) is 0 Å². The predicted octanol–water partition coefficient (Wildman–Crippen LogP) is 2.57. The van der Waals surface area contributed by atoms with Crippen LogP contribution in [-0.2, 0) is 19.6 Å². The third-order valence-electron chi connectivity index (χ3n) is 4.11. The molecule has 1 aromatic rings. The summed E-state index contributed by atoms with van der Waals surface area (Å²) in [7, 11) is -3.62. The van der Waals surface area contributed by atoms with E-state index in [0.29, 0.717) is 31.4 Å². The molecule has 0 saturated heterocycles. The standard InChI is InChI=1S/C17H25ClN2O4S/c1-25(22,23)20(16-10-5-4-9-15(16)18)13-17(21)19-11-6-12-24-14-7-2-3-8-14/h4-5,9-10,14H,2-3,6-8,11-13H2,1H3,(H,19,21). The van der Waals surface area contributed by atoms with Crippen LogP contribution in [0, 0.1) is 0 Å². The molecule has 1 N–H and O–H groups in total. The van der Waals surface area contributed by atoms with Gasteiger partial charge in [-0.1, -0.05) is 36.6 Å². The van der Waals surface area contributed by atoms with Crippen LogP contribution in [0.25, 0.3) is 0 Å². The molecule has 0 radical (unpaired) electrons. The van der Waals surface area contributed by atoms with E-state index >= 15 is 0 Å². The minimum absolute atomic E-state index is 0.283. The van der Waals surface area contributed by atoms with E-state index in [4.69, 9.17) is 16.3 Å². The molecule has 1 aliphatic rings. The van der Waals surface area contributed by atoms with Gasteiger partial charge < -0.3 is 10.1 Å². The smallest absolute Gasteiger partial charge is 0.240 e. The topological polar surface area (TPSA) is 75.7 Å². The maximum absolute atomic E-state index is 12.1. The average molecular weight is 389 g/mol. The molecule has 0 unspecified atom stereocenters. The molecule has 0 atom stereocenters. The monoisotopic (exact) mass is 388 g/mol. The number of carbonyl (C=O) groups excluding carboxylic acids is 1. The van der Waals surface area contributed by atoms with E-state index in [1.54, 1.807) is 24.3 Å². The molecule has 0 bridgehead atoms. The summed E-state index contributed by atoms with van der Waals surface area (Å²) in [4.78, 5) is 12.1. The maximum atomic E-state index is 12.1. The van der Waals surface area contributed by atoms with Crippen LogP contribution >= 0.6 is 11.6 Å². The quantitative estimate of drug-likeness (QED) is 0.659. The molecule has 0 aliphatic heterocycles. The fourth-order valence-electron chi connectivity index (χ4n) is 2.83. The summed E-state index contributed by atoms with van der Waals surface area (Å²) in [6, 6.07) is 6.55. The van der Waals surface area contributed by atoms with Crippen molar-refractivity contribution in [2.24, 2.45) is 0 Å². The van der Waals surface area contributed by atoms with Crippen LogP contribution < -0.4 is 9.62 Å². The summed E-state index contributed by atoms with van der Waals surface area (Å²) in [5, 5.41) is 3.01. The van der Waals surface area contributed by atoms with Crippen molar-refractivity contribution in [3.05, 3.63) is 29.3 Å². The summed E-state index contributed by atoms with van der Waals surface area (Å²) >= 11 is 6.06. The number of rotatable bonds is 9. The van der Waals surface area contributed by atoms with Gasteiger partial charge in [-0.3, -0.25) is 9.10 Å². The molecule has 25 heavy (non-hydrogen) atoms. The minimum Gasteiger partial charge on any atom is -0.378 e. The molecular weight excluding hydrogens is 364 g/mol. The maximum Gasteiger partial charge on any atom is 0.240 e. The predicted molar refractivity (Wildman–Crippen MR) is 99.5 cm³/mol. The van der Waals surface area contributed by atoms with Gasteiger partial charge in [-0.15, -0.1) is 0 Å². The lowest BCUT2D eigenvalue weighted by atomic mass is 10.3. The SMILES string of the molecule is CS(=O)(=O)N(CC(=O)NCCCOC1CCCC1)c1ccccc1Cl. The van der Waals surface area contributed by atoms with Gasteiger partial charge in [-0.2, -0.15) is 0 Å². The molecule has 2 rings (SSSR count). The number of nitrogens with one attached hydrogen (secondary N) is 1. The van der Waals surface area contributed by atoms with E-state index in [1.807, 2.05) is 0 Å². The first-order chi connectivity index (χ1) is 11.9. The van der Waals surface area contributed by atoms with Gasteiger partial charge in [0.2, 0.25) is 15.9 Å². The Morgan fingerprint density at radius 1 is 1.32 bits per heavy atom. The Kier molecular flexibility index (Phi) is 7.53. The van der Waals surface area contributed by atoms with Crippen molar-refractivity contribution in [3.63, 3.8) is 0 Å². The number of hydrogen-bond donors (Lipinski definition) is 1. The lowest BCUT2D eigenvalue weighted by Gasteiger charge is -2.22. The average Bonchev–Trinajstić information content (AvgIpc) is 3.05. The number of benzene rings is 1. The number of amides is 1. The third kappa shape index (κ3) is 6.49. The number of anilines is 1. The van der Waals surface area contributed by atoms with Crippen molar-refractivity contribution in [2.75, 3.05) is 30.3 Å². The van der Waals surface area contributed by atoms with Crippen molar-refractivity contribution >= 4 is 33.2 Å². The van der Waals surface area contributed by atoms with Gasteiger partial charge in [0.1, 0.15) is 6.54 Å². The van der Waals surface area contributed by atoms with Crippen LogP contribution in [0.15, 0.2) is 24.3 Å². The zero-order chi connectivity index (χ0) is 18.3. The number of para-hydroxylation sites is 1. The second-order valence-electron chi connectivity index (χ2n) is 6.20. The largest absolute Gasteiger partial charge is 0.378 e. The molecule has 1 aliphatic carbocycles. The number of nitrogens with zero attached hydrogens (tertiary/aromatic N) is 1. The summed E-state index contributed by atoms with van der Waals surface area (Å²) < 4.78 is 30.8. The van der Waals surface area contributed by atoms with E-state index in [-0.39, 0.29) is 17.5 Å². The van der Waals surface area contributed by atoms with E-state index in [0.717, 1.165) is 23.4 Å². The lowest BCUT2D eigenvalue weighted by molar-refractivity contribution is -0.119. The van der Waals surface area contributed by atoms with Crippen LogP contribution in [0.2, 0.25) is 5.02 Å². The van der Waals surface area contributed by atoms with Crippen molar-refractivity contribution in [1.82, 2.24) is 5.32 Å². The first-order valence-electron chi connectivity index (χ1n) is 8.48. The number of carbonyl (C=O) groups is 1. The number of halogens is 1. The highest BCUT2D eigenvalue weighted by Gasteiger charge is 2.22. The van der Waals surface area contributed by atoms with Gasteiger partial charge >= 0.3 is 0 Å². The van der Waals surface area contributed by atoms with E-state index in [9.17, 15) is 13.2 Å². The van der Waals surface area contributed by atoms with Crippen molar-refractivity contribution < 1.29 is 17.9 Å². The Balaban J connectivity index is 1.80. The van der Waals surface area contributed by atoms with Gasteiger partial charge in [0.05, 0.1) is 23.1 Å². The Morgan fingerprint density at radius 2 is 2.00 bits per heavy atom. The summed E-state index contributed by atoms with van der Waals surface area (Å²) in [5.41, 5.74) is 0.298. The highest BCUT2D eigenvalue weighted by Crippen LogP contribution is 2.26. The fourth-order valence-corrected chi connectivity index (χ4v) is 3.98. The highest BCUT2D eigenvalue weighted by atomic mass is 35.5. The van der Waals surface area contributed by atoms with Crippen molar-refractivity contribution in [1.29, 1.82) is 0 Å². The highest BCUT2D eigenvalue weighted by molar-refractivity contribution is 7.92. The van der Waals surface area contributed by atoms with Crippen LogP contribution in [0.3, 0.4) is 0 Å². The van der Waals surface area contributed by atoms with Crippen molar-refractivity contribution in [3.8, 4) is 0 Å². The molecule has 1 fully saturated rings. The summed E-state index contributed by atoms with van der Waals surface area (Å²) in [6.07, 6.45) is 6.81. The zero-order valence-corrected chi connectivity index (χ0v) is 16.0. The second kappa shape index (κ2) is 9.40. The molecular formula is C17H25ClN2O4S. The molecule has 1 aromatic carbocycles. The molecule has 0 spiro atoms. The van der Waals surface area contributed by atoms with Gasteiger partial charge in [0, 0.05) is 13.2 Å². The molecule has 0 aromatic heterocycles. The van der Waals surface area contributed by atoms with E-state index in [1.165, 1.54) is 12.8 Å². The molecule has 0 heterocycles. The van der Waals surface area contributed by atoms with E-state index < -0.39 is 10.0 Å². The van der Waals surface area contributed by atoms with Crippen LogP contribution in [0.5, 0.6) is 0 Å². The Bertz CT molecular complexity index is 675. The molecule has 1 amide bonds. The molecule has 6 nitrogen and oxygen atoms in total. The zero-order valence-electron chi connectivity index (χ0n) is 14.4. The van der Waals surface area contributed by atoms with Crippen LogP contribution in [0.1, 0.15) is 32.1 Å². The van der Waals surface area contributed by atoms with Gasteiger partial charge in [-0.05, 0) is 31.4 Å². The normalized spacial score (nSPS) is 15.3. The minimum atomic E-state index is -3.62. The second-order valence-corrected chi connectivity index (χ2v) is 8.52. The Hall–Kier alpha value is -1.31. The van der Waals surface area contributed by atoms with Crippen molar-refractivity contribution in [2.45, 2.75) is 38.2 Å². The third-order valence-corrected chi connectivity index (χ3v) is 5.55. The molecule has 1 saturated carbocycles. The number of hydrogen-bond acceptors (Lipinski definition) is 4. The summed E-state index contributed by atoms with van der Waals surface area (Å²) in [6.45, 7) is 0.753. The fraction of sp³-hybridized carbons (Fsp3) is 0.588. The first kappa shape index (κ1) is 20.0. The van der Waals surface area contributed by atoms with E-state index in [2.05, 4.69) is 5.32 Å². The number of sulfonamides is 1. The van der Waals surface area contributed by atoms with Crippen LogP contribution in [-0.4, -0.2) is 46.4 Å². The summed E-state index contributed by atoms with van der Waals surface area (Å²) in [5.74, 6) is -0.369. The lowest BCUT2D eigenvalue weighted by Crippen LogP contribution is -2.41. The Labute approximate surface area is 154 Å². The van der Waals surface area contributed by atoms with Gasteiger partial charge in [-0.25, -0.2) is 8.42 Å². The van der Waals surface area contributed by atoms with Crippen LogP contribution in [0.4, 0.5) is 5.69 Å². The molecule has 140 valence electrons. The number of ether oxygens (including phenoxy) is 1. The Morgan fingerprint density at radius 3 is 2.64 bits per heavy atom.